The zero-order valence-corrected chi connectivity index (χ0v) is 23.3. The van der Waals surface area contributed by atoms with Gasteiger partial charge < -0.3 is 13.9 Å². The standard InChI is InChI=1S/C30H31FN3O4S/c1-19-27(23-17-21(31)13-14-24(23)33(19)18-26(36)38-30(2,3)4)28-22-11-8-12-25(35)29(22)39(37)34(32-28)16-15-20-9-6-5-7-10-20/h5-11,13-14,17,39H,12,15-16,18H2,1-4H3. The van der Waals surface area contributed by atoms with E-state index in [1.165, 1.54) is 16.5 Å². The molecule has 3 aromatic rings. The van der Waals surface area contributed by atoms with Gasteiger partial charge in [-0.1, -0.05) is 53.8 Å². The summed E-state index contributed by atoms with van der Waals surface area (Å²) in [6, 6.07) is 14.2. The molecule has 39 heavy (non-hydrogen) atoms. The lowest BCUT2D eigenvalue weighted by atomic mass is 9.94. The second kappa shape index (κ2) is 10.5. The van der Waals surface area contributed by atoms with E-state index in [0.29, 0.717) is 46.4 Å². The molecule has 1 aromatic heterocycles. The van der Waals surface area contributed by atoms with Crippen LogP contribution in [0, 0.1) is 12.7 Å². The Morgan fingerprint density at radius 2 is 1.92 bits per heavy atom. The van der Waals surface area contributed by atoms with Crippen LogP contribution in [0.1, 0.15) is 44.0 Å². The highest BCUT2D eigenvalue weighted by Gasteiger charge is 2.37. The number of benzene rings is 2. The zero-order valence-electron chi connectivity index (χ0n) is 22.4. The summed E-state index contributed by atoms with van der Waals surface area (Å²) in [6.45, 7) is 7.49. The lowest BCUT2D eigenvalue weighted by Crippen LogP contribution is -2.38. The predicted octanol–water partition coefficient (Wildman–Crippen LogP) is 4.87. The third-order valence-corrected chi connectivity index (χ3v) is 8.23. The molecule has 5 rings (SSSR count). The number of carbonyl (C=O) groups is 2. The Labute approximate surface area is 229 Å². The summed E-state index contributed by atoms with van der Waals surface area (Å²) in [7, 11) is 0. The molecule has 2 heterocycles. The maximum Gasteiger partial charge on any atom is 0.326 e. The van der Waals surface area contributed by atoms with Crippen LogP contribution in [-0.2, 0) is 38.7 Å². The summed E-state index contributed by atoms with van der Waals surface area (Å²) < 4.78 is 37.0. The van der Waals surface area contributed by atoms with Crippen LogP contribution in [0.3, 0.4) is 0 Å². The van der Waals surface area contributed by atoms with Gasteiger partial charge in [0.15, 0.2) is 4.91 Å². The van der Waals surface area contributed by atoms with Crippen molar-refractivity contribution < 1.29 is 23.3 Å². The second-order valence-electron chi connectivity index (χ2n) is 10.6. The zero-order chi connectivity index (χ0) is 27.9. The first-order valence-electron chi connectivity index (χ1n) is 12.9. The molecule has 0 amide bonds. The van der Waals surface area contributed by atoms with Gasteiger partial charge in [-0.05, 0) is 57.9 Å². The van der Waals surface area contributed by atoms with Crippen molar-refractivity contribution in [2.75, 3.05) is 6.54 Å². The number of hydrazone groups is 1. The van der Waals surface area contributed by atoms with Gasteiger partial charge in [0.25, 0.3) is 0 Å². The van der Waals surface area contributed by atoms with Gasteiger partial charge in [-0.3, -0.25) is 9.59 Å². The minimum Gasteiger partial charge on any atom is -0.628 e. The number of thiol groups is 1. The summed E-state index contributed by atoms with van der Waals surface area (Å²) in [6.07, 6.45) is 4.25. The molecule has 0 spiro atoms. The first kappa shape index (κ1) is 26.9. The van der Waals surface area contributed by atoms with Crippen molar-refractivity contribution >= 4 is 39.7 Å². The van der Waals surface area contributed by atoms with E-state index in [0.717, 1.165) is 5.56 Å². The quantitative estimate of drug-likeness (QED) is 0.249. The normalized spacial score (nSPS) is 17.5. The number of nitrogens with zero attached hydrogens (tertiary/aromatic N) is 3. The fraction of sp³-hybridized carbons (Fsp3) is 0.300. The number of allylic oxidation sites excluding steroid dienone is 4. The van der Waals surface area contributed by atoms with Crippen molar-refractivity contribution in [3.8, 4) is 0 Å². The van der Waals surface area contributed by atoms with E-state index in [1.54, 1.807) is 43.6 Å². The van der Waals surface area contributed by atoms with Crippen molar-refractivity contribution in [2.45, 2.75) is 52.7 Å². The van der Waals surface area contributed by atoms with Crippen molar-refractivity contribution in [3.63, 3.8) is 0 Å². The number of hydrogen-bond donors (Lipinski definition) is 0. The summed E-state index contributed by atoms with van der Waals surface area (Å²) in [5.74, 6) is -1.08. The van der Waals surface area contributed by atoms with E-state index in [1.807, 2.05) is 37.3 Å². The molecular weight excluding hydrogens is 517 g/mol. The number of fused-ring (bicyclic) bond motifs is 1. The monoisotopic (exact) mass is 548 g/mol. The van der Waals surface area contributed by atoms with E-state index < -0.39 is 28.7 Å². The Balaban J connectivity index is 1.64. The third kappa shape index (κ3) is 5.42. The summed E-state index contributed by atoms with van der Waals surface area (Å²) in [5, 5.41) is 5.36. The van der Waals surface area contributed by atoms with Crippen LogP contribution in [0.4, 0.5) is 4.39 Å². The van der Waals surface area contributed by atoms with Gasteiger partial charge in [0, 0.05) is 28.6 Å². The van der Waals surface area contributed by atoms with E-state index in [2.05, 4.69) is 0 Å². The highest BCUT2D eigenvalue weighted by Crippen LogP contribution is 2.36. The molecule has 0 bridgehead atoms. The van der Waals surface area contributed by atoms with Crippen LogP contribution < -0.4 is 0 Å². The molecule has 1 aliphatic carbocycles. The molecule has 0 saturated carbocycles. The lowest BCUT2D eigenvalue weighted by molar-refractivity contribution is -0.155. The molecule has 2 aliphatic rings. The maximum absolute atomic E-state index is 14.6. The highest BCUT2D eigenvalue weighted by atomic mass is 32.2. The molecule has 2 aromatic carbocycles. The number of ketones is 1. The van der Waals surface area contributed by atoms with Gasteiger partial charge in [-0.2, -0.15) is 4.41 Å². The number of aromatic nitrogens is 1. The average molecular weight is 549 g/mol. The number of carbonyl (C=O) groups excluding carboxylic acids is 2. The molecule has 1 radical (unpaired) electrons. The Bertz CT molecular complexity index is 1550. The largest absolute Gasteiger partial charge is 0.628 e. The molecule has 1 aliphatic heterocycles. The second-order valence-corrected chi connectivity index (χ2v) is 12.1. The summed E-state index contributed by atoms with van der Waals surface area (Å²) in [5.41, 5.74) is 3.20. The Morgan fingerprint density at radius 1 is 1.18 bits per heavy atom. The molecule has 0 N–H and O–H groups in total. The minimum atomic E-state index is -2.23. The van der Waals surface area contributed by atoms with Crippen LogP contribution in [-0.4, -0.2) is 43.1 Å². The first-order chi connectivity index (χ1) is 18.5. The minimum absolute atomic E-state index is 0.0782. The number of esters is 1. The predicted molar refractivity (Wildman–Crippen MR) is 151 cm³/mol. The maximum atomic E-state index is 14.6. The number of Topliss-reactive ketones (excluding diaryl/α,β-unsaturated/α-hetero) is 1. The van der Waals surface area contributed by atoms with Crippen molar-refractivity contribution in [2.24, 2.45) is 5.10 Å². The van der Waals surface area contributed by atoms with Gasteiger partial charge in [0.05, 0.1) is 12.1 Å². The third-order valence-electron chi connectivity index (χ3n) is 6.65. The molecule has 1 atom stereocenters. The molecule has 0 fully saturated rings. The van der Waals surface area contributed by atoms with E-state index in [9.17, 15) is 18.5 Å². The van der Waals surface area contributed by atoms with Gasteiger partial charge in [-0.15, -0.1) is 5.10 Å². The lowest BCUT2D eigenvalue weighted by Gasteiger charge is -2.34. The highest BCUT2D eigenvalue weighted by molar-refractivity contribution is 7.94. The molecule has 203 valence electrons. The van der Waals surface area contributed by atoms with Crippen LogP contribution in [0.5, 0.6) is 0 Å². The van der Waals surface area contributed by atoms with Crippen molar-refractivity contribution in [3.05, 3.63) is 93.8 Å². The fourth-order valence-corrected chi connectivity index (χ4v) is 6.37. The molecule has 0 saturated heterocycles. The number of halogens is 1. The van der Waals surface area contributed by atoms with Crippen molar-refractivity contribution in [1.29, 1.82) is 0 Å². The van der Waals surface area contributed by atoms with Crippen LogP contribution >= 0.6 is 0 Å². The Kier molecular flexibility index (Phi) is 7.22. The number of hydrogen-bond acceptors (Lipinski definition) is 6. The summed E-state index contributed by atoms with van der Waals surface area (Å²) in [4.78, 5) is 26.1. The Hall–Kier alpha value is -3.69. The summed E-state index contributed by atoms with van der Waals surface area (Å²) >= 11 is -2.23. The van der Waals surface area contributed by atoms with Gasteiger partial charge in [0.2, 0.25) is 5.78 Å². The molecule has 9 heteroatoms. The number of ether oxygens (including phenoxy) is 1. The van der Waals surface area contributed by atoms with E-state index >= 15 is 0 Å². The molecule has 7 nitrogen and oxygen atoms in total. The van der Waals surface area contributed by atoms with Crippen LogP contribution in [0.15, 0.2) is 76.3 Å². The van der Waals surface area contributed by atoms with Gasteiger partial charge in [-0.25, -0.2) is 4.39 Å². The van der Waals surface area contributed by atoms with Crippen LogP contribution in [0.25, 0.3) is 10.9 Å². The van der Waals surface area contributed by atoms with E-state index in [-0.39, 0.29) is 23.7 Å². The van der Waals surface area contributed by atoms with Gasteiger partial charge >= 0.3 is 5.97 Å². The van der Waals surface area contributed by atoms with Crippen LogP contribution in [0.2, 0.25) is 0 Å². The SMILES string of the molecule is Cc1c(C2=NN(CCc3ccccc3)[SH+]([O-])C3=C2C=CCC3=O)c2cc(F)ccc2n1CC(=O)OC(C)(C)C. The first-order valence-corrected chi connectivity index (χ1v) is 14.1. The molecule has 1 unspecified atom stereocenters. The van der Waals surface area contributed by atoms with E-state index in [4.69, 9.17) is 9.84 Å². The smallest absolute Gasteiger partial charge is 0.326 e. The van der Waals surface area contributed by atoms with Crippen molar-refractivity contribution in [1.82, 2.24) is 8.98 Å². The molecular formula is C30H31FN3O4S. The fourth-order valence-electron chi connectivity index (χ4n) is 5.00. The topological polar surface area (TPSA) is 87.0 Å². The van der Waals surface area contributed by atoms with Gasteiger partial charge in [0.1, 0.15) is 23.7 Å². The average Bonchev–Trinajstić information content (AvgIpc) is 3.13. The number of rotatable bonds is 6. The Morgan fingerprint density at radius 3 is 2.64 bits per heavy atom.